The lowest BCUT2D eigenvalue weighted by Crippen LogP contribution is -2.34. The highest BCUT2D eigenvalue weighted by Gasteiger charge is 2.23. The molecule has 2 aromatic heterocycles. The number of hydrogen-bond donors (Lipinski definition) is 2. The van der Waals surface area contributed by atoms with Crippen molar-refractivity contribution in [3.63, 3.8) is 0 Å². The van der Waals surface area contributed by atoms with E-state index in [1.54, 1.807) is 0 Å². The van der Waals surface area contributed by atoms with Gasteiger partial charge in [-0.2, -0.15) is 10.2 Å². The molecule has 2 N–H and O–H groups in total. The Morgan fingerprint density at radius 3 is 2.83 bits per heavy atom. The molecule has 0 saturated carbocycles. The molecule has 3 heterocycles. The molecule has 118 valence electrons. The number of rotatable bonds is 4. The van der Waals surface area contributed by atoms with Gasteiger partial charge in [0.05, 0.1) is 11.9 Å². The first-order chi connectivity index (χ1) is 11.4. The molecule has 1 atom stereocenters. The summed E-state index contributed by atoms with van der Waals surface area (Å²) in [6.07, 6.45) is 6.26. The molecule has 4 rings (SSSR count). The third-order valence-corrected chi connectivity index (χ3v) is 4.64. The maximum atomic E-state index is 4.27. The minimum Gasteiger partial charge on any atom is -0.298 e. The van der Waals surface area contributed by atoms with Crippen LogP contribution in [-0.4, -0.2) is 38.4 Å². The third-order valence-electron chi connectivity index (χ3n) is 4.64. The largest absolute Gasteiger partial charge is 0.298 e. The van der Waals surface area contributed by atoms with Gasteiger partial charge in [-0.25, -0.2) is 0 Å². The molecule has 5 nitrogen and oxygen atoms in total. The summed E-state index contributed by atoms with van der Waals surface area (Å²) < 4.78 is 0. The van der Waals surface area contributed by atoms with Gasteiger partial charge in [-0.15, -0.1) is 0 Å². The number of aromatic nitrogens is 4. The van der Waals surface area contributed by atoms with E-state index in [4.69, 9.17) is 0 Å². The van der Waals surface area contributed by atoms with Gasteiger partial charge in [0.25, 0.3) is 0 Å². The van der Waals surface area contributed by atoms with Crippen molar-refractivity contribution in [2.75, 3.05) is 13.1 Å². The Morgan fingerprint density at radius 2 is 2.00 bits per heavy atom. The fraction of sp³-hybridized carbons (Fsp3) is 0.333. The molecule has 1 aliphatic rings. The Morgan fingerprint density at radius 1 is 1.09 bits per heavy atom. The SMILES string of the molecule is c1ccc(-c2[nH]ncc2CN2CCC[C@H](c3ccn[nH]3)C2)cc1. The van der Waals surface area contributed by atoms with E-state index in [-0.39, 0.29) is 0 Å². The summed E-state index contributed by atoms with van der Waals surface area (Å²) >= 11 is 0. The number of benzene rings is 1. The highest BCUT2D eigenvalue weighted by molar-refractivity contribution is 5.62. The summed E-state index contributed by atoms with van der Waals surface area (Å²) in [5.74, 6) is 0.554. The zero-order valence-corrected chi connectivity index (χ0v) is 13.1. The molecule has 1 aliphatic heterocycles. The van der Waals surface area contributed by atoms with Crippen LogP contribution in [0.2, 0.25) is 0 Å². The summed E-state index contributed by atoms with van der Waals surface area (Å²) in [6, 6.07) is 12.5. The van der Waals surface area contributed by atoms with E-state index in [0.29, 0.717) is 5.92 Å². The van der Waals surface area contributed by atoms with Gasteiger partial charge < -0.3 is 0 Å². The maximum absolute atomic E-state index is 4.27. The van der Waals surface area contributed by atoms with Gasteiger partial charge in [0, 0.05) is 36.5 Å². The van der Waals surface area contributed by atoms with Crippen LogP contribution in [0.15, 0.2) is 48.8 Å². The van der Waals surface area contributed by atoms with Gasteiger partial charge >= 0.3 is 0 Å². The van der Waals surface area contributed by atoms with Gasteiger partial charge in [-0.1, -0.05) is 30.3 Å². The summed E-state index contributed by atoms with van der Waals surface area (Å²) in [4.78, 5) is 2.52. The fourth-order valence-corrected chi connectivity index (χ4v) is 3.47. The molecular weight excluding hydrogens is 286 g/mol. The summed E-state index contributed by atoms with van der Waals surface area (Å²) in [5, 5.41) is 14.6. The van der Waals surface area contributed by atoms with Gasteiger partial charge in [0.1, 0.15) is 0 Å². The lowest BCUT2D eigenvalue weighted by molar-refractivity contribution is 0.198. The Labute approximate surface area is 135 Å². The van der Waals surface area contributed by atoms with Crippen molar-refractivity contribution in [2.45, 2.75) is 25.3 Å². The van der Waals surface area contributed by atoms with Crippen molar-refractivity contribution in [3.8, 4) is 11.3 Å². The monoisotopic (exact) mass is 307 g/mol. The minimum atomic E-state index is 0.554. The van der Waals surface area contributed by atoms with E-state index in [1.165, 1.54) is 29.7 Å². The molecule has 23 heavy (non-hydrogen) atoms. The first-order valence-electron chi connectivity index (χ1n) is 8.19. The van der Waals surface area contributed by atoms with Crippen LogP contribution in [0.3, 0.4) is 0 Å². The van der Waals surface area contributed by atoms with E-state index in [0.717, 1.165) is 25.3 Å². The molecule has 0 aliphatic carbocycles. The second kappa shape index (κ2) is 6.38. The predicted molar refractivity (Wildman–Crippen MR) is 89.9 cm³/mol. The maximum Gasteiger partial charge on any atom is 0.0695 e. The predicted octanol–water partition coefficient (Wildman–Crippen LogP) is 3.18. The normalized spacial score (nSPS) is 19.0. The zero-order chi connectivity index (χ0) is 15.5. The van der Waals surface area contributed by atoms with Crippen molar-refractivity contribution in [1.82, 2.24) is 25.3 Å². The molecule has 0 spiro atoms. The fourth-order valence-electron chi connectivity index (χ4n) is 3.47. The number of nitrogens with one attached hydrogen (secondary N) is 2. The van der Waals surface area contributed by atoms with Crippen molar-refractivity contribution < 1.29 is 0 Å². The van der Waals surface area contributed by atoms with Crippen molar-refractivity contribution in [3.05, 3.63) is 60.0 Å². The summed E-state index contributed by atoms with van der Waals surface area (Å²) in [7, 11) is 0. The van der Waals surface area contributed by atoms with Crippen LogP contribution < -0.4 is 0 Å². The van der Waals surface area contributed by atoms with Crippen LogP contribution in [-0.2, 0) is 6.54 Å². The molecule has 0 bridgehead atoms. The molecule has 1 saturated heterocycles. The number of H-pyrrole nitrogens is 2. The molecule has 0 amide bonds. The van der Waals surface area contributed by atoms with Crippen LogP contribution in [0.25, 0.3) is 11.3 Å². The Kier molecular flexibility index (Phi) is 3.94. The van der Waals surface area contributed by atoms with E-state index >= 15 is 0 Å². The summed E-state index contributed by atoms with van der Waals surface area (Å²) in [6.45, 7) is 3.15. The van der Waals surface area contributed by atoms with Crippen molar-refractivity contribution >= 4 is 0 Å². The van der Waals surface area contributed by atoms with Gasteiger partial charge in [-0.3, -0.25) is 15.1 Å². The second-order valence-electron chi connectivity index (χ2n) is 6.22. The molecule has 3 aromatic rings. The van der Waals surface area contributed by atoms with Gasteiger partial charge in [0.15, 0.2) is 0 Å². The number of aromatic amines is 2. The van der Waals surface area contributed by atoms with E-state index < -0.39 is 0 Å². The van der Waals surface area contributed by atoms with E-state index in [9.17, 15) is 0 Å². The average Bonchev–Trinajstić information content (AvgIpc) is 3.28. The van der Waals surface area contributed by atoms with Crippen molar-refractivity contribution in [1.29, 1.82) is 0 Å². The number of hydrogen-bond acceptors (Lipinski definition) is 3. The first kappa shape index (κ1) is 14.2. The number of nitrogens with zero attached hydrogens (tertiary/aromatic N) is 3. The lowest BCUT2D eigenvalue weighted by Gasteiger charge is -2.32. The Bertz CT molecular complexity index is 732. The molecule has 0 radical (unpaired) electrons. The second-order valence-corrected chi connectivity index (χ2v) is 6.22. The lowest BCUT2D eigenvalue weighted by atomic mass is 9.94. The summed E-state index contributed by atoms with van der Waals surface area (Å²) in [5.41, 5.74) is 4.85. The van der Waals surface area contributed by atoms with Crippen LogP contribution >= 0.6 is 0 Å². The van der Waals surface area contributed by atoms with E-state index in [2.05, 4.69) is 55.6 Å². The van der Waals surface area contributed by atoms with E-state index in [1.807, 2.05) is 18.5 Å². The highest BCUT2D eigenvalue weighted by atomic mass is 15.2. The zero-order valence-electron chi connectivity index (χ0n) is 13.1. The number of likely N-dealkylation sites (tertiary alicyclic amines) is 1. The Balaban J connectivity index is 1.49. The molecular formula is C18H21N5. The standard InChI is InChI=1S/C18H21N5/c1-2-5-14(6-3-1)18-16(11-20-22-18)13-23-10-4-7-15(12-23)17-8-9-19-21-17/h1-3,5-6,8-9,11,15H,4,7,10,12-13H2,(H,19,21)(H,20,22)/t15-/m0/s1. The highest BCUT2D eigenvalue weighted by Crippen LogP contribution is 2.28. The van der Waals surface area contributed by atoms with Crippen LogP contribution in [0.4, 0.5) is 0 Å². The Hall–Kier alpha value is -2.40. The molecule has 0 unspecified atom stereocenters. The molecule has 5 heteroatoms. The van der Waals surface area contributed by atoms with Gasteiger partial charge in [-0.05, 0) is 31.0 Å². The average molecular weight is 307 g/mol. The number of piperidine rings is 1. The van der Waals surface area contributed by atoms with Crippen LogP contribution in [0.5, 0.6) is 0 Å². The molecule has 1 fully saturated rings. The van der Waals surface area contributed by atoms with Crippen LogP contribution in [0.1, 0.15) is 30.0 Å². The van der Waals surface area contributed by atoms with Crippen molar-refractivity contribution in [2.24, 2.45) is 0 Å². The minimum absolute atomic E-state index is 0.554. The van der Waals surface area contributed by atoms with Crippen LogP contribution in [0, 0.1) is 0 Å². The smallest absolute Gasteiger partial charge is 0.0695 e. The third kappa shape index (κ3) is 3.05. The quantitative estimate of drug-likeness (QED) is 0.778. The van der Waals surface area contributed by atoms with Gasteiger partial charge in [0.2, 0.25) is 0 Å². The topological polar surface area (TPSA) is 60.6 Å². The first-order valence-corrected chi connectivity index (χ1v) is 8.19. The molecule has 1 aromatic carbocycles.